The van der Waals surface area contributed by atoms with E-state index in [9.17, 15) is 0 Å². The molecule has 0 N–H and O–H groups in total. The lowest BCUT2D eigenvalue weighted by Crippen LogP contribution is -2.10. The summed E-state index contributed by atoms with van der Waals surface area (Å²) in [5.74, 6) is 0. The van der Waals surface area contributed by atoms with E-state index < -0.39 is 0 Å². The van der Waals surface area contributed by atoms with Gasteiger partial charge < -0.3 is 13.9 Å². The Morgan fingerprint density at radius 2 is 1.04 bits per heavy atom. The summed E-state index contributed by atoms with van der Waals surface area (Å²) in [6, 6.07) is 73.8. The molecule has 11 rings (SSSR count). The molecule has 0 spiro atoms. The van der Waals surface area contributed by atoms with Crippen molar-refractivity contribution in [2.75, 3.05) is 4.90 Å². The first kappa shape index (κ1) is 31.2. The minimum atomic E-state index is 0.874. The largest absolute Gasteiger partial charge is 0.455 e. The van der Waals surface area contributed by atoms with E-state index in [2.05, 4.69) is 216 Å². The fourth-order valence-electron chi connectivity index (χ4n) is 8.49. The maximum absolute atomic E-state index is 6.79. The van der Waals surface area contributed by atoms with Crippen LogP contribution in [0.2, 0.25) is 0 Å². The maximum Gasteiger partial charge on any atom is 0.143 e. The fraction of sp³-hybridized carbons (Fsp3) is 0. The standard InChI is InChI=1S/C52H34N2O/c1-4-14-35(15-5-1)36-26-29-40(30-27-36)53(41-31-32-47-45(34-41)43-21-10-11-24-46(43)54(47)39-19-8-3-9-20-39)48-25-12-18-38-28-33-49-51(50(38)48)44-23-13-22-42(52(44)55-49)37-16-6-2-7-17-37/h1-34H. The van der Waals surface area contributed by atoms with Gasteiger partial charge in [-0.2, -0.15) is 0 Å². The summed E-state index contributed by atoms with van der Waals surface area (Å²) in [4.78, 5) is 2.42. The topological polar surface area (TPSA) is 21.3 Å². The van der Waals surface area contributed by atoms with Gasteiger partial charge in [-0.15, -0.1) is 0 Å². The van der Waals surface area contributed by atoms with Gasteiger partial charge in [0.25, 0.3) is 0 Å². The van der Waals surface area contributed by atoms with Crippen LogP contribution in [0, 0.1) is 0 Å². The van der Waals surface area contributed by atoms with Gasteiger partial charge in [0.1, 0.15) is 11.2 Å². The lowest BCUT2D eigenvalue weighted by atomic mass is 9.98. The minimum absolute atomic E-state index is 0.874. The SMILES string of the molecule is c1ccc(-c2ccc(N(c3ccc4c(c3)c3ccccc3n4-c3ccccc3)c3cccc4ccc5oc6c(-c7ccccc7)cccc6c5c34)cc2)cc1. The summed E-state index contributed by atoms with van der Waals surface area (Å²) in [5.41, 5.74) is 13.1. The highest BCUT2D eigenvalue weighted by molar-refractivity contribution is 6.25. The Hall–Kier alpha value is -7.36. The highest BCUT2D eigenvalue weighted by atomic mass is 16.3. The summed E-state index contributed by atoms with van der Waals surface area (Å²) in [5, 5.41) is 6.96. The molecule has 3 heteroatoms. The summed E-state index contributed by atoms with van der Waals surface area (Å²) in [6.07, 6.45) is 0. The van der Waals surface area contributed by atoms with Crippen molar-refractivity contribution in [3.05, 3.63) is 206 Å². The molecular formula is C52H34N2O. The number of hydrogen-bond acceptors (Lipinski definition) is 2. The number of furan rings is 1. The Labute approximate surface area is 318 Å². The summed E-state index contributed by atoms with van der Waals surface area (Å²) < 4.78 is 9.16. The Morgan fingerprint density at radius 3 is 1.84 bits per heavy atom. The molecule has 0 atom stereocenters. The molecular weight excluding hydrogens is 669 g/mol. The number of rotatable bonds is 6. The Kier molecular flexibility index (Phi) is 7.17. The fourth-order valence-corrected chi connectivity index (χ4v) is 8.49. The molecule has 0 aliphatic heterocycles. The van der Waals surface area contributed by atoms with Gasteiger partial charge in [-0.25, -0.2) is 0 Å². The zero-order valence-corrected chi connectivity index (χ0v) is 29.9. The van der Waals surface area contributed by atoms with Crippen molar-refractivity contribution in [2.24, 2.45) is 0 Å². The van der Waals surface area contributed by atoms with Crippen LogP contribution >= 0.6 is 0 Å². The van der Waals surface area contributed by atoms with Crippen molar-refractivity contribution in [1.82, 2.24) is 4.57 Å². The second kappa shape index (κ2) is 12.6. The molecule has 9 aromatic carbocycles. The molecule has 0 fully saturated rings. The van der Waals surface area contributed by atoms with E-state index in [0.29, 0.717) is 0 Å². The van der Waals surface area contributed by atoms with E-state index in [-0.39, 0.29) is 0 Å². The van der Waals surface area contributed by atoms with Crippen LogP contribution in [-0.4, -0.2) is 4.57 Å². The maximum atomic E-state index is 6.79. The third-order valence-corrected chi connectivity index (χ3v) is 11.0. The average Bonchev–Trinajstić information content (AvgIpc) is 3.81. The number of anilines is 3. The van der Waals surface area contributed by atoms with E-state index in [1.165, 1.54) is 32.9 Å². The molecule has 0 saturated carbocycles. The van der Waals surface area contributed by atoms with Gasteiger partial charge in [0.2, 0.25) is 0 Å². The quantitative estimate of drug-likeness (QED) is 0.172. The van der Waals surface area contributed by atoms with Crippen molar-refractivity contribution in [2.45, 2.75) is 0 Å². The normalized spacial score (nSPS) is 11.6. The van der Waals surface area contributed by atoms with Gasteiger partial charge in [-0.1, -0.05) is 146 Å². The van der Waals surface area contributed by atoms with Crippen LogP contribution in [0.1, 0.15) is 0 Å². The van der Waals surface area contributed by atoms with E-state index in [4.69, 9.17) is 4.42 Å². The first-order chi connectivity index (χ1) is 27.3. The lowest BCUT2D eigenvalue weighted by molar-refractivity contribution is 0.670. The van der Waals surface area contributed by atoms with Crippen LogP contribution < -0.4 is 4.90 Å². The predicted octanol–water partition coefficient (Wildman–Crippen LogP) is 14.6. The highest BCUT2D eigenvalue weighted by Crippen LogP contribution is 2.47. The Morgan fingerprint density at radius 1 is 0.400 bits per heavy atom. The van der Waals surface area contributed by atoms with Gasteiger partial charge in [-0.3, -0.25) is 0 Å². The van der Waals surface area contributed by atoms with E-state index >= 15 is 0 Å². The van der Waals surface area contributed by atoms with Crippen molar-refractivity contribution in [3.8, 4) is 27.9 Å². The third kappa shape index (κ3) is 5.05. The third-order valence-electron chi connectivity index (χ3n) is 11.0. The smallest absolute Gasteiger partial charge is 0.143 e. The second-order valence-corrected chi connectivity index (χ2v) is 14.1. The van der Waals surface area contributed by atoms with Gasteiger partial charge >= 0.3 is 0 Å². The van der Waals surface area contributed by atoms with Crippen LogP contribution in [-0.2, 0) is 0 Å². The number of fused-ring (bicyclic) bond motifs is 8. The molecule has 11 aromatic rings. The second-order valence-electron chi connectivity index (χ2n) is 14.1. The zero-order valence-electron chi connectivity index (χ0n) is 29.9. The summed E-state index contributed by atoms with van der Waals surface area (Å²) >= 11 is 0. The predicted molar refractivity (Wildman–Crippen MR) is 231 cm³/mol. The summed E-state index contributed by atoms with van der Waals surface area (Å²) in [6.45, 7) is 0. The average molecular weight is 703 g/mol. The van der Waals surface area contributed by atoms with E-state index in [1.807, 2.05) is 0 Å². The molecule has 2 heterocycles. The van der Waals surface area contributed by atoms with Gasteiger partial charge in [0.15, 0.2) is 0 Å². The minimum Gasteiger partial charge on any atom is -0.455 e. The van der Waals surface area contributed by atoms with Gasteiger partial charge in [-0.05, 0) is 82.7 Å². The molecule has 258 valence electrons. The van der Waals surface area contributed by atoms with E-state index in [1.54, 1.807) is 0 Å². The van der Waals surface area contributed by atoms with Crippen LogP contribution in [0.25, 0.3) is 82.5 Å². The number of nitrogens with zero attached hydrogens (tertiary/aromatic N) is 2. The first-order valence-corrected chi connectivity index (χ1v) is 18.8. The molecule has 2 aromatic heterocycles. The van der Waals surface area contributed by atoms with Gasteiger partial charge in [0.05, 0.1) is 16.7 Å². The monoisotopic (exact) mass is 702 g/mol. The highest BCUT2D eigenvalue weighted by Gasteiger charge is 2.22. The Bertz CT molecular complexity index is 3180. The van der Waals surface area contributed by atoms with Crippen molar-refractivity contribution in [3.63, 3.8) is 0 Å². The number of hydrogen-bond donors (Lipinski definition) is 0. The van der Waals surface area contributed by atoms with Crippen molar-refractivity contribution < 1.29 is 4.42 Å². The van der Waals surface area contributed by atoms with Crippen molar-refractivity contribution in [1.29, 1.82) is 0 Å². The molecule has 55 heavy (non-hydrogen) atoms. The number of aromatic nitrogens is 1. The van der Waals surface area contributed by atoms with Crippen LogP contribution in [0.15, 0.2) is 211 Å². The van der Waals surface area contributed by atoms with Crippen LogP contribution in [0.4, 0.5) is 17.1 Å². The van der Waals surface area contributed by atoms with Crippen LogP contribution in [0.5, 0.6) is 0 Å². The number of benzene rings is 9. The lowest BCUT2D eigenvalue weighted by Gasteiger charge is -2.27. The Balaban J connectivity index is 1.19. The van der Waals surface area contributed by atoms with Crippen LogP contribution in [0.3, 0.4) is 0 Å². The molecule has 0 bridgehead atoms. The first-order valence-electron chi connectivity index (χ1n) is 18.8. The van der Waals surface area contributed by atoms with Gasteiger partial charge in [0, 0.05) is 49.6 Å². The zero-order chi connectivity index (χ0) is 36.3. The molecule has 0 aliphatic rings. The molecule has 0 amide bonds. The molecule has 0 aliphatic carbocycles. The molecule has 0 saturated heterocycles. The summed E-state index contributed by atoms with van der Waals surface area (Å²) in [7, 11) is 0. The molecule has 0 radical (unpaired) electrons. The molecule has 0 unspecified atom stereocenters. The van der Waals surface area contributed by atoms with Crippen molar-refractivity contribution >= 4 is 71.6 Å². The number of para-hydroxylation sites is 3. The van der Waals surface area contributed by atoms with E-state index in [0.717, 1.165) is 66.6 Å². The molecule has 3 nitrogen and oxygen atoms in total.